The smallest absolute Gasteiger partial charge is 0.127 e. The summed E-state index contributed by atoms with van der Waals surface area (Å²) < 4.78 is 0. The van der Waals surface area contributed by atoms with E-state index in [0.717, 1.165) is 17.3 Å². The monoisotopic (exact) mass is 153 g/mol. The molecule has 10 heavy (non-hydrogen) atoms. The van der Waals surface area contributed by atoms with Gasteiger partial charge in [0.1, 0.15) is 5.82 Å². The van der Waals surface area contributed by atoms with Crippen molar-refractivity contribution in [1.82, 2.24) is 4.98 Å². The molecule has 0 aliphatic heterocycles. The first kappa shape index (κ1) is 7.28. The van der Waals surface area contributed by atoms with E-state index in [1.54, 1.807) is 12.3 Å². The van der Waals surface area contributed by atoms with Crippen LogP contribution in [0.5, 0.6) is 0 Å². The van der Waals surface area contributed by atoms with Crippen LogP contribution in [0.4, 0.5) is 5.82 Å². The predicted molar refractivity (Wildman–Crippen MR) is 44.3 cm³/mol. The highest BCUT2D eigenvalue weighted by Gasteiger charge is 1.90. The number of rotatable bonds is 2. The van der Waals surface area contributed by atoms with Crippen molar-refractivity contribution in [1.29, 1.82) is 0 Å². The number of hydrogen-bond acceptors (Lipinski definition) is 2. The topological polar surface area (TPSA) is 24.9 Å². The van der Waals surface area contributed by atoms with E-state index >= 15 is 0 Å². The number of hydrogen-bond donors (Lipinski definition) is 1. The molecule has 1 N–H and O–H groups in total. The maximum Gasteiger partial charge on any atom is 0.127 e. The first-order valence-electron chi connectivity index (χ1n) is 3.20. The third kappa shape index (κ3) is 1.84. The fourth-order valence-electron chi connectivity index (χ4n) is 0.689. The number of nitrogens with one attached hydrogen (secondary N) is 1. The molecule has 0 atom stereocenters. The molecule has 1 radical (unpaired) electrons. The Kier molecular flexibility index (Phi) is 2.45. The van der Waals surface area contributed by atoms with Gasteiger partial charge in [0.05, 0.1) is 0 Å². The standard InChI is InChI=1S/C7H9N2S/c1-2-8-7-5-6(10)3-4-9-7/h3-5H,2H2,1H3,(H,8,9). The molecule has 0 saturated carbocycles. The van der Waals surface area contributed by atoms with Gasteiger partial charge >= 0.3 is 0 Å². The summed E-state index contributed by atoms with van der Waals surface area (Å²) in [6, 6.07) is 3.65. The third-order valence-electron chi connectivity index (χ3n) is 1.09. The molecule has 0 aliphatic rings. The first-order valence-corrected chi connectivity index (χ1v) is 3.60. The van der Waals surface area contributed by atoms with Crippen LogP contribution in [0.15, 0.2) is 23.2 Å². The first-order chi connectivity index (χ1) is 4.83. The maximum absolute atomic E-state index is 4.93. The Balaban J connectivity index is 2.75. The largest absolute Gasteiger partial charge is 0.370 e. The van der Waals surface area contributed by atoms with E-state index < -0.39 is 0 Å². The summed E-state index contributed by atoms with van der Waals surface area (Å²) in [5.41, 5.74) is 0. The minimum absolute atomic E-state index is 0.825. The average Bonchev–Trinajstić information content (AvgIpc) is 1.88. The molecule has 0 spiro atoms. The fraction of sp³-hybridized carbons (Fsp3) is 0.286. The van der Waals surface area contributed by atoms with Gasteiger partial charge in [0.15, 0.2) is 0 Å². The zero-order chi connectivity index (χ0) is 7.40. The molecule has 0 aromatic carbocycles. The summed E-state index contributed by atoms with van der Waals surface area (Å²) in [6.07, 6.45) is 1.71. The van der Waals surface area contributed by atoms with E-state index in [-0.39, 0.29) is 0 Å². The van der Waals surface area contributed by atoms with Crippen LogP contribution < -0.4 is 5.32 Å². The van der Waals surface area contributed by atoms with Crippen molar-refractivity contribution >= 4 is 18.4 Å². The van der Waals surface area contributed by atoms with Crippen molar-refractivity contribution in [2.24, 2.45) is 0 Å². The zero-order valence-electron chi connectivity index (χ0n) is 5.79. The Labute approximate surface area is 66.1 Å². The lowest BCUT2D eigenvalue weighted by atomic mass is 10.4. The summed E-state index contributed by atoms with van der Waals surface area (Å²) in [7, 11) is 0. The van der Waals surface area contributed by atoms with E-state index in [1.807, 2.05) is 13.0 Å². The van der Waals surface area contributed by atoms with Crippen molar-refractivity contribution in [2.75, 3.05) is 11.9 Å². The van der Waals surface area contributed by atoms with Crippen molar-refractivity contribution < 1.29 is 0 Å². The number of aromatic nitrogens is 1. The normalized spacial score (nSPS) is 9.30. The van der Waals surface area contributed by atoms with E-state index in [4.69, 9.17) is 12.6 Å². The van der Waals surface area contributed by atoms with Crippen molar-refractivity contribution in [3.05, 3.63) is 18.3 Å². The summed E-state index contributed by atoms with van der Waals surface area (Å²) in [5, 5.41) is 3.07. The molecule has 1 rings (SSSR count). The van der Waals surface area contributed by atoms with Crippen LogP contribution in [-0.4, -0.2) is 11.5 Å². The Morgan fingerprint density at radius 2 is 2.50 bits per heavy atom. The summed E-state index contributed by atoms with van der Waals surface area (Å²) in [6.45, 7) is 2.91. The Morgan fingerprint density at radius 3 is 3.10 bits per heavy atom. The van der Waals surface area contributed by atoms with Crippen LogP contribution in [0.1, 0.15) is 6.92 Å². The Morgan fingerprint density at radius 1 is 1.70 bits per heavy atom. The second-order valence-corrected chi connectivity index (χ2v) is 2.38. The molecule has 1 aromatic heterocycles. The van der Waals surface area contributed by atoms with Crippen LogP contribution in [0.25, 0.3) is 0 Å². The van der Waals surface area contributed by atoms with Gasteiger partial charge in [0.2, 0.25) is 0 Å². The lowest BCUT2D eigenvalue weighted by Crippen LogP contribution is -1.97. The molecule has 0 unspecified atom stereocenters. The van der Waals surface area contributed by atoms with Crippen LogP contribution >= 0.6 is 12.6 Å². The average molecular weight is 153 g/mol. The Bertz CT molecular complexity index is 213. The van der Waals surface area contributed by atoms with Crippen LogP contribution in [0.2, 0.25) is 0 Å². The third-order valence-corrected chi connectivity index (χ3v) is 1.34. The van der Waals surface area contributed by atoms with Crippen LogP contribution in [0.3, 0.4) is 0 Å². The van der Waals surface area contributed by atoms with Gasteiger partial charge in [0.25, 0.3) is 0 Å². The number of nitrogens with zero attached hydrogens (tertiary/aromatic N) is 1. The number of pyridine rings is 1. The minimum atomic E-state index is 0.825. The Hall–Kier alpha value is -0.830. The lowest BCUT2D eigenvalue weighted by molar-refractivity contribution is 1.14. The van der Waals surface area contributed by atoms with Gasteiger partial charge in [0, 0.05) is 17.6 Å². The fourth-order valence-corrected chi connectivity index (χ4v) is 0.861. The molecule has 0 amide bonds. The van der Waals surface area contributed by atoms with Gasteiger partial charge in [-0.25, -0.2) is 4.98 Å². The van der Waals surface area contributed by atoms with E-state index in [0.29, 0.717) is 0 Å². The van der Waals surface area contributed by atoms with Gasteiger partial charge in [-0.05, 0) is 19.1 Å². The highest BCUT2D eigenvalue weighted by atomic mass is 32.1. The summed E-state index contributed by atoms with van der Waals surface area (Å²) >= 11 is 4.93. The van der Waals surface area contributed by atoms with Gasteiger partial charge in [-0.15, -0.1) is 0 Å². The molecule has 53 valence electrons. The molecule has 2 nitrogen and oxygen atoms in total. The summed E-state index contributed by atoms with van der Waals surface area (Å²) in [5.74, 6) is 0.856. The van der Waals surface area contributed by atoms with E-state index in [2.05, 4.69) is 10.3 Å². The number of anilines is 1. The van der Waals surface area contributed by atoms with E-state index in [9.17, 15) is 0 Å². The lowest BCUT2D eigenvalue weighted by Gasteiger charge is -1.99. The van der Waals surface area contributed by atoms with Crippen molar-refractivity contribution in [3.8, 4) is 0 Å². The highest BCUT2D eigenvalue weighted by Crippen LogP contribution is 2.08. The molecule has 1 heterocycles. The molecule has 0 saturated heterocycles. The zero-order valence-corrected chi connectivity index (χ0v) is 6.61. The van der Waals surface area contributed by atoms with Gasteiger partial charge in [-0.3, -0.25) is 0 Å². The molecular formula is C7H9N2S. The van der Waals surface area contributed by atoms with Crippen molar-refractivity contribution in [3.63, 3.8) is 0 Å². The van der Waals surface area contributed by atoms with E-state index in [1.165, 1.54) is 0 Å². The van der Waals surface area contributed by atoms with Crippen molar-refractivity contribution in [2.45, 2.75) is 11.8 Å². The molecule has 0 bridgehead atoms. The predicted octanol–water partition coefficient (Wildman–Crippen LogP) is 2.07. The van der Waals surface area contributed by atoms with Crippen LogP contribution in [-0.2, 0) is 0 Å². The maximum atomic E-state index is 4.93. The SMILES string of the molecule is CCNc1cc([S])ccn1. The quantitative estimate of drug-likeness (QED) is 0.703. The molecular weight excluding hydrogens is 144 g/mol. The second-order valence-electron chi connectivity index (χ2n) is 1.91. The van der Waals surface area contributed by atoms with Gasteiger partial charge in [-0.2, -0.15) is 0 Å². The second kappa shape index (κ2) is 3.37. The highest BCUT2D eigenvalue weighted by molar-refractivity contribution is 7.80. The molecule has 0 fully saturated rings. The molecule has 3 heteroatoms. The summed E-state index contributed by atoms with van der Waals surface area (Å²) in [4.78, 5) is 4.88. The van der Waals surface area contributed by atoms with Gasteiger partial charge in [-0.1, -0.05) is 12.6 Å². The van der Waals surface area contributed by atoms with Crippen LogP contribution in [0, 0.1) is 0 Å². The molecule has 1 aromatic rings. The van der Waals surface area contributed by atoms with Gasteiger partial charge < -0.3 is 5.32 Å². The minimum Gasteiger partial charge on any atom is -0.370 e. The molecule has 0 aliphatic carbocycles.